The number of aromatic nitrogens is 2. The second-order valence-electron chi connectivity index (χ2n) is 9.96. The molecule has 3 atom stereocenters. The summed E-state index contributed by atoms with van der Waals surface area (Å²) in [6.07, 6.45) is 11.9. The molecule has 0 unspecified atom stereocenters. The highest BCUT2D eigenvalue weighted by Gasteiger charge is 2.32. The fourth-order valence-corrected chi connectivity index (χ4v) is 5.84. The molecule has 0 spiro atoms. The van der Waals surface area contributed by atoms with E-state index in [0.717, 1.165) is 17.5 Å². The number of likely N-dealkylation sites (tertiary alicyclic amines) is 1. The van der Waals surface area contributed by atoms with Gasteiger partial charge >= 0.3 is 0 Å². The van der Waals surface area contributed by atoms with Gasteiger partial charge in [0.2, 0.25) is 0 Å². The molecule has 7 heteroatoms. The molecule has 2 aromatic rings. The first-order valence-corrected chi connectivity index (χ1v) is 12.9. The van der Waals surface area contributed by atoms with Crippen LogP contribution >= 0.6 is 0 Å². The molecule has 0 bridgehead atoms. The topological polar surface area (TPSA) is 90.6 Å². The Hall–Kier alpha value is -1.96. The molecular formula is C26H40N4O3. The third-order valence-corrected chi connectivity index (χ3v) is 7.53. The van der Waals surface area contributed by atoms with Crippen LogP contribution in [-0.2, 0) is 0 Å². The Labute approximate surface area is 196 Å². The van der Waals surface area contributed by atoms with Crippen LogP contribution in [0.4, 0.5) is 5.82 Å². The van der Waals surface area contributed by atoms with E-state index in [1.165, 1.54) is 64.3 Å². The van der Waals surface area contributed by atoms with Crippen molar-refractivity contribution in [3.63, 3.8) is 0 Å². The van der Waals surface area contributed by atoms with Crippen LogP contribution in [0.25, 0.3) is 11.0 Å². The predicted molar refractivity (Wildman–Crippen MR) is 133 cm³/mol. The summed E-state index contributed by atoms with van der Waals surface area (Å²) in [4.78, 5) is 20.7. The summed E-state index contributed by atoms with van der Waals surface area (Å²) < 4.78 is 1.88. The third-order valence-electron chi connectivity index (χ3n) is 7.53. The lowest BCUT2D eigenvalue weighted by atomic mass is 9.94. The first-order valence-electron chi connectivity index (χ1n) is 12.9. The minimum Gasteiger partial charge on any atom is -0.394 e. The Morgan fingerprint density at radius 3 is 2.58 bits per heavy atom. The van der Waals surface area contributed by atoms with Crippen molar-refractivity contribution in [2.75, 3.05) is 25.0 Å². The van der Waals surface area contributed by atoms with Crippen LogP contribution < -0.4 is 10.9 Å². The zero-order chi connectivity index (χ0) is 23.2. The van der Waals surface area contributed by atoms with E-state index in [1.54, 1.807) is 0 Å². The molecule has 1 aliphatic heterocycles. The molecule has 3 N–H and O–H groups in total. The normalized spacial score (nSPS) is 22.7. The Morgan fingerprint density at radius 2 is 1.82 bits per heavy atom. The van der Waals surface area contributed by atoms with Crippen LogP contribution in [0, 0.1) is 0 Å². The van der Waals surface area contributed by atoms with Crippen LogP contribution in [-0.4, -0.2) is 62.5 Å². The molecule has 1 saturated carbocycles. The van der Waals surface area contributed by atoms with E-state index >= 15 is 0 Å². The molecule has 1 aliphatic carbocycles. The monoisotopic (exact) mass is 456 g/mol. The minimum absolute atomic E-state index is 0.0351. The van der Waals surface area contributed by atoms with Crippen LogP contribution in [0.15, 0.2) is 29.1 Å². The lowest BCUT2D eigenvalue weighted by Crippen LogP contribution is -2.41. The summed E-state index contributed by atoms with van der Waals surface area (Å²) in [6, 6.07) is 8.99. The van der Waals surface area contributed by atoms with E-state index in [9.17, 15) is 9.90 Å². The molecule has 4 rings (SSSR count). The van der Waals surface area contributed by atoms with Crippen molar-refractivity contribution in [3.8, 4) is 0 Å². The van der Waals surface area contributed by atoms with Crippen LogP contribution in [0.5, 0.6) is 0 Å². The average molecular weight is 457 g/mol. The minimum atomic E-state index is -0.931. The summed E-state index contributed by atoms with van der Waals surface area (Å²) in [5.74, 6) is 0.233. The maximum absolute atomic E-state index is 13.4. The van der Waals surface area contributed by atoms with Gasteiger partial charge in [0.25, 0.3) is 5.56 Å². The average Bonchev–Trinajstić information content (AvgIpc) is 3.25. The number of aliphatic hydroxyl groups excluding tert-OH is 2. The second kappa shape index (κ2) is 11.4. The summed E-state index contributed by atoms with van der Waals surface area (Å²) in [7, 11) is 0. The maximum atomic E-state index is 13.4. The number of fused-ring (bicyclic) bond motifs is 1. The van der Waals surface area contributed by atoms with Gasteiger partial charge in [-0.1, -0.05) is 44.2 Å². The standard InChI is InChI=1S/C26H40N4O3/c1-19(16-21-12-9-15-29(21)20-10-5-3-2-4-6-11-20)30-24-14-8-7-13-23(24)28-25(26(30)33)27-17-22(32)18-31/h7-8,13-14,19-22,31-32H,2-6,9-12,15-18H2,1H3,(H,27,28)/t19-,21+,22-/m1/s1. The van der Waals surface area contributed by atoms with E-state index in [1.807, 2.05) is 28.8 Å². The molecule has 1 aromatic heterocycles. The zero-order valence-electron chi connectivity index (χ0n) is 20.0. The fraction of sp³-hybridized carbons (Fsp3) is 0.692. The van der Waals surface area contributed by atoms with Crippen molar-refractivity contribution in [2.45, 2.75) is 95.4 Å². The van der Waals surface area contributed by atoms with Gasteiger partial charge in [-0.15, -0.1) is 0 Å². The zero-order valence-corrected chi connectivity index (χ0v) is 20.0. The van der Waals surface area contributed by atoms with Crippen molar-refractivity contribution in [1.29, 1.82) is 0 Å². The number of benzene rings is 1. The van der Waals surface area contributed by atoms with E-state index in [2.05, 4.69) is 22.1 Å². The Bertz CT molecular complexity index is 954. The SMILES string of the molecule is C[C@H](C[C@@H]1CCCN1C1CCCCCCC1)n1c(=O)c(NC[C@@H](O)CO)nc2ccccc21. The number of nitrogens with zero attached hydrogens (tertiary/aromatic N) is 3. The predicted octanol–water partition coefficient (Wildman–Crippen LogP) is 3.69. The summed E-state index contributed by atoms with van der Waals surface area (Å²) in [6.45, 7) is 3.06. The molecule has 2 fully saturated rings. The highest BCUT2D eigenvalue weighted by atomic mass is 16.3. The lowest BCUT2D eigenvalue weighted by Gasteiger charge is -2.36. The van der Waals surface area contributed by atoms with Crippen molar-refractivity contribution in [1.82, 2.24) is 14.5 Å². The summed E-state index contributed by atoms with van der Waals surface area (Å²) in [5.41, 5.74) is 1.44. The number of hydrogen-bond donors (Lipinski definition) is 3. The maximum Gasteiger partial charge on any atom is 0.294 e. The van der Waals surface area contributed by atoms with E-state index in [0.29, 0.717) is 12.1 Å². The number of para-hydroxylation sites is 2. The van der Waals surface area contributed by atoms with Gasteiger partial charge < -0.3 is 20.1 Å². The molecule has 182 valence electrons. The second-order valence-corrected chi connectivity index (χ2v) is 9.96. The number of hydrogen-bond acceptors (Lipinski definition) is 6. The Balaban J connectivity index is 1.57. The summed E-state index contributed by atoms with van der Waals surface area (Å²) >= 11 is 0. The van der Waals surface area contributed by atoms with Gasteiger partial charge in [0, 0.05) is 24.7 Å². The molecule has 1 aromatic carbocycles. The van der Waals surface area contributed by atoms with E-state index in [-0.39, 0.29) is 30.6 Å². The van der Waals surface area contributed by atoms with Crippen molar-refractivity contribution in [2.24, 2.45) is 0 Å². The number of rotatable bonds is 8. The number of anilines is 1. The molecule has 33 heavy (non-hydrogen) atoms. The van der Waals surface area contributed by atoms with Crippen molar-refractivity contribution < 1.29 is 10.2 Å². The molecule has 0 amide bonds. The van der Waals surface area contributed by atoms with Gasteiger partial charge in [-0.2, -0.15) is 0 Å². The van der Waals surface area contributed by atoms with Crippen molar-refractivity contribution >= 4 is 16.9 Å². The van der Waals surface area contributed by atoms with Crippen molar-refractivity contribution in [3.05, 3.63) is 34.6 Å². The molecular weight excluding hydrogens is 416 g/mol. The molecule has 2 heterocycles. The molecule has 0 radical (unpaired) electrons. The van der Waals surface area contributed by atoms with Gasteiger partial charge in [0.1, 0.15) is 0 Å². The van der Waals surface area contributed by atoms with Gasteiger partial charge in [0.05, 0.1) is 23.7 Å². The highest BCUT2D eigenvalue weighted by Crippen LogP contribution is 2.32. The van der Waals surface area contributed by atoms with Crippen LogP contribution in [0.3, 0.4) is 0 Å². The largest absolute Gasteiger partial charge is 0.394 e. The lowest BCUT2D eigenvalue weighted by molar-refractivity contribution is 0.105. The van der Waals surface area contributed by atoms with Gasteiger partial charge in [0.15, 0.2) is 5.82 Å². The molecule has 7 nitrogen and oxygen atoms in total. The van der Waals surface area contributed by atoms with E-state index in [4.69, 9.17) is 5.11 Å². The highest BCUT2D eigenvalue weighted by molar-refractivity contribution is 5.76. The Morgan fingerprint density at radius 1 is 1.09 bits per heavy atom. The van der Waals surface area contributed by atoms with E-state index < -0.39 is 6.10 Å². The first kappa shape index (κ1) is 24.2. The third kappa shape index (κ3) is 5.76. The van der Waals surface area contributed by atoms with Gasteiger partial charge in [-0.3, -0.25) is 9.69 Å². The van der Waals surface area contributed by atoms with Crippen LogP contribution in [0.1, 0.15) is 77.2 Å². The van der Waals surface area contributed by atoms with Crippen LogP contribution in [0.2, 0.25) is 0 Å². The van der Waals surface area contributed by atoms with Gasteiger partial charge in [-0.05, 0) is 57.7 Å². The van der Waals surface area contributed by atoms with Gasteiger partial charge in [-0.25, -0.2) is 4.98 Å². The first-order chi connectivity index (χ1) is 16.1. The number of nitrogens with one attached hydrogen (secondary N) is 1. The Kier molecular flexibility index (Phi) is 8.39. The molecule has 2 aliphatic rings. The molecule has 1 saturated heterocycles. The smallest absolute Gasteiger partial charge is 0.294 e. The number of aliphatic hydroxyl groups is 2. The summed E-state index contributed by atoms with van der Waals surface area (Å²) in [5, 5.41) is 21.8. The fourth-order valence-electron chi connectivity index (χ4n) is 5.84. The quantitative estimate of drug-likeness (QED) is 0.561.